The molecule has 0 amide bonds. The summed E-state index contributed by atoms with van der Waals surface area (Å²) in [6.45, 7) is 2.69. The Morgan fingerprint density at radius 1 is 1.53 bits per heavy atom. The molecule has 3 aliphatic rings. The molecule has 0 aromatic rings. The molecule has 1 N–H and O–H groups in total. The molecule has 1 saturated heterocycles. The van der Waals surface area contributed by atoms with E-state index in [1.54, 1.807) is 0 Å². The number of carbonyl (C=O) groups excluding carboxylic acids is 1. The van der Waals surface area contributed by atoms with Gasteiger partial charge in [0.1, 0.15) is 10.0 Å². The summed E-state index contributed by atoms with van der Waals surface area (Å²) in [5.41, 5.74) is 0.168. The lowest BCUT2D eigenvalue weighted by molar-refractivity contribution is -0.151. The van der Waals surface area contributed by atoms with Crippen molar-refractivity contribution in [3.63, 3.8) is 0 Å². The van der Waals surface area contributed by atoms with Crippen LogP contribution in [0.15, 0.2) is 0 Å². The number of carbonyl (C=O) groups is 1. The van der Waals surface area contributed by atoms with Crippen molar-refractivity contribution in [1.29, 1.82) is 0 Å². The smallest absolute Gasteiger partial charge is 0.319 e. The minimum absolute atomic E-state index is 0.0256. The second-order valence-corrected chi connectivity index (χ2v) is 7.82. The van der Waals surface area contributed by atoms with Crippen LogP contribution in [0.5, 0.6) is 0 Å². The van der Waals surface area contributed by atoms with E-state index in [0.29, 0.717) is 18.4 Å². The molecule has 4 nitrogen and oxygen atoms in total. The maximum absolute atomic E-state index is 11.9. The maximum atomic E-state index is 11.9. The van der Waals surface area contributed by atoms with Crippen LogP contribution >= 0.6 is 22.6 Å². The summed E-state index contributed by atoms with van der Waals surface area (Å²) in [6, 6.07) is 0. The highest BCUT2D eigenvalue weighted by atomic mass is 127. The maximum Gasteiger partial charge on any atom is 0.319 e. The summed E-state index contributed by atoms with van der Waals surface area (Å²) in [5, 5.41) is 9.59. The van der Waals surface area contributed by atoms with Gasteiger partial charge in [-0.1, -0.05) is 29.5 Å². The van der Waals surface area contributed by atoms with Gasteiger partial charge in [-0.15, -0.1) is 0 Å². The average Bonchev–Trinajstić information content (AvgIpc) is 3.04. The Kier molecular flexibility index (Phi) is 3.81. The van der Waals surface area contributed by atoms with E-state index in [-0.39, 0.29) is 21.4 Å². The van der Waals surface area contributed by atoms with Crippen molar-refractivity contribution in [3.8, 4) is 0 Å². The van der Waals surface area contributed by atoms with Gasteiger partial charge < -0.3 is 14.6 Å². The fourth-order valence-electron chi connectivity index (χ4n) is 4.18. The second-order valence-electron chi connectivity index (χ2n) is 6.32. The summed E-state index contributed by atoms with van der Waals surface area (Å²) in [7, 11) is 0. The zero-order chi connectivity index (χ0) is 13.6. The first-order valence-electron chi connectivity index (χ1n) is 7.18. The van der Waals surface area contributed by atoms with Gasteiger partial charge in [0.05, 0.1) is 6.61 Å². The van der Waals surface area contributed by atoms with Crippen molar-refractivity contribution >= 4 is 28.6 Å². The van der Waals surface area contributed by atoms with Crippen LogP contribution in [0.2, 0.25) is 0 Å². The Balaban J connectivity index is 1.59. The third-order valence-corrected chi connectivity index (χ3v) is 6.58. The Morgan fingerprint density at radius 2 is 2.32 bits per heavy atom. The average molecular weight is 380 g/mol. The van der Waals surface area contributed by atoms with Crippen molar-refractivity contribution in [2.24, 2.45) is 17.3 Å². The van der Waals surface area contributed by atoms with E-state index in [2.05, 4.69) is 22.6 Å². The van der Waals surface area contributed by atoms with Gasteiger partial charge in [0.15, 0.2) is 6.29 Å². The number of aliphatic hydroxyl groups excluding tert-OH is 1. The number of fused-ring (bicyclic) bond motifs is 3. The first kappa shape index (κ1) is 14.1. The molecular weight excluding hydrogens is 359 g/mol. The van der Waals surface area contributed by atoms with Crippen molar-refractivity contribution in [3.05, 3.63) is 0 Å². The number of halogens is 1. The fourth-order valence-corrected chi connectivity index (χ4v) is 4.33. The number of rotatable bonds is 3. The lowest BCUT2D eigenvalue weighted by Crippen LogP contribution is -2.36. The van der Waals surface area contributed by atoms with Crippen LogP contribution in [0.3, 0.4) is 0 Å². The van der Waals surface area contributed by atoms with Crippen LogP contribution < -0.4 is 0 Å². The van der Waals surface area contributed by atoms with Crippen molar-refractivity contribution in [2.45, 2.75) is 55.3 Å². The molecule has 1 spiro atoms. The lowest BCUT2D eigenvalue weighted by atomic mass is 9.72. The number of hydrogen-bond donors (Lipinski definition) is 1. The number of esters is 1. The molecule has 0 radical (unpaired) electrons. The van der Waals surface area contributed by atoms with Crippen molar-refractivity contribution in [2.75, 3.05) is 6.61 Å². The summed E-state index contributed by atoms with van der Waals surface area (Å²) in [4.78, 5) is 11.9. The van der Waals surface area contributed by atoms with Gasteiger partial charge in [0.25, 0.3) is 0 Å². The first-order valence-corrected chi connectivity index (χ1v) is 8.43. The molecular formula is C14H21IO4. The summed E-state index contributed by atoms with van der Waals surface area (Å²) in [5.74, 6) is 0.974. The number of hydrogen-bond acceptors (Lipinski definition) is 4. The third kappa shape index (κ3) is 2.42. The monoisotopic (exact) mass is 380 g/mol. The van der Waals surface area contributed by atoms with Crippen LogP contribution in [-0.4, -0.2) is 34.0 Å². The Morgan fingerprint density at radius 3 is 2.84 bits per heavy atom. The molecule has 2 saturated carbocycles. The zero-order valence-corrected chi connectivity index (χ0v) is 13.3. The van der Waals surface area contributed by atoms with E-state index in [9.17, 15) is 9.90 Å². The third-order valence-electron chi connectivity index (χ3n) is 5.19. The standard InChI is InChI=1S/C14H21IO4/c1-2-10(15)13(17)19-11-4-9-3-8(11)5-14(9)6-12(16)18-7-14/h8-12,16H,2-7H2,1H3/t8-,9?,10?,11?,12?,14?/m0/s1. The molecule has 0 aromatic carbocycles. The molecule has 3 rings (SSSR count). The Bertz CT molecular complexity index is 374. The van der Waals surface area contributed by atoms with Crippen LogP contribution in [0.25, 0.3) is 0 Å². The van der Waals surface area contributed by atoms with Gasteiger partial charge in [-0.3, -0.25) is 4.79 Å². The van der Waals surface area contributed by atoms with E-state index >= 15 is 0 Å². The highest BCUT2D eigenvalue weighted by Crippen LogP contribution is 2.60. The van der Waals surface area contributed by atoms with Crippen LogP contribution in [0, 0.1) is 17.3 Å². The van der Waals surface area contributed by atoms with Crippen LogP contribution in [0.4, 0.5) is 0 Å². The predicted molar refractivity (Wildman–Crippen MR) is 77.8 cm³/mol. The molecule has 5 unspecified atom stereocenters. The molecule has 2 aliphatic carbocycles. The topological polar surface area (TPSA) is 55.8 Å². The minimum atomic E-state index is -0.584. The molecule has 3 fully saturated rings. The van der Waals surface area contributed by atoms with Crippen LogP contribution in [0.1, 0.15) is 39.0 Å². The minimum Gasteiger partial charge on any atom is -0.461 e. The molecule has 108 valence electrons. The summed E-state index contributed by atoms with van der Waals surface area (Å²) >= 11 is 2.15. The summed E-state index contributed by atoms with van der Waals surface area (Å²) < 4.78 is 11.0. The van der Waals surface area contributed by atoms with Gasteiger partial charge >= 0.3 is 5.97 Å². The van der Waals surface area contributed by atoms with Gasteiger partial charge in [-0.05, 0) is 37.5 Å². The molecule has 5 heteroatoms. The van der Waals surface area contributed by atoms with Gasteiger partial charge in [0.2, 0.25) is 0 Å². The van der Waals surface area contributed by atoms with Gasteiger partial charge in [0, 0.05) is 11.8 Å². The summed E-state index contributed by atoms with van der Waals surface area (Å²) in [6.07, 6.45) is 4.24. The number of ether oxygens (including phenoxy) is 2. The normalized spacial score (nSPS) is 45.8. The quantitative estimate of drug-likeness (QED) is 0.464. The molecule has 1 aliphatic heterocycles. The lowest BCUT2D eigenvalue weighted by Gasteiger charge is -2.35. The molecule has 6 atom stereocenters. The second kappa shape index (κ2) is 5.15. The first-order chi connectivity index (χ1) is 9.04. The fraction of sp³-hybridized carbons (Fsp3) is 0.929. The van der Waals surface area contributed by atoms with Gasteiger partial charge in [-0.25, -0.2) is 0 Å². The van der Waals surface area contributed by atoms with Gasteiger partial charge in [-0.2, -0.15) is 0 Å². The number of alkyl halides is 1. The number of aliphatic hydroxyl groups is 1. The molecule has 2 bridgehead atoms. The molecule has 1 heterocycles. The van der Waals surface area contributed by atoms with E-state index in [1.807, 2.05) is 6.92 Å². The Labute approximate surface area is 127 Å². The zero-order valence-electron chi connectivity index (χ0n) is 11.2. The highest BCUT2D eigenvalue weighted by Gasteiger charge is 2.58. The van der Waals surface area contributed by atoms with E-state index < -0.39 is 6.29 Å². The highest BCUT2D eigenvalue weighted by molar-refractivity contribution is 14.1. The van der Waals surface area contributed by atoms with Crippen LogP contribution in [-0.2, 0) is 14.3 Å². The Hall–Kier alpha value is 0.120. The van der Waals surface area contributed by atoms with E-state index in [0.717, 1.165) is 32.1 Å². The largest absolute Gasteiger partial charge is 0.461 e. The molecule has 19 heavy (non-hydrogen) atoms. The SMILES string of the molecule is CCC(I)C(=O)OC1CC2C[C@H]1CC21COC(O)C1. The van der Waals surface area contributed by atoms with E-state index in [4.69, 9.17) is 9.47 Å². The van der Waals surface area contributed by atoms with Crippen molar-refractivity contribution in [1.82, 2.24) is 0 Å². The van der Waals surface area contributed by atoms with E-state index in [1.165, 1.54) is 0 Å². The molecule has 0 aromatic heterocycles. The predicted octanol–water partition coefficient (Wildman–Crippen LogP) is 2.27. The van der Waals surface area contributed by atoms with Crippen molar-refractivity contribution < 1.29 is 19.4 Å².